The van der Waals surface area contributed by atoms with Crippen molar-refractivity contribution in [1.82, 2.24) is 25.9 Å². The molecule has 0 spiro atoms. The van der Waals surface area contributed by atoms with Gasteiger partial charge in [0.25, 0.3) is 11.7 Å². The first-order chi connectivity index (χ1) is 7.02. The smallest absolute Gasteiger partial charge is 0.326 e. The molecule has 0 aromatic carbocycles. The lowest BCUT2D eigenvalue weighted by Gasteiger charge is -2.16. The number of hydrogen-bond acceptors (Lipinski definition) is 5. The number of carbonyl (C=O) groups excluding carboxylic acids is 1. The van der Waals surface area contributed by atoms with E-state index in [9.17, 15) is 9.59 Å². The third kappa shape index (κ3) is 2.73. The highest BCUT2D eigenvalue weighted by atomic mass is 16.4. The number of hydrogen-bond donors (Lipinski definition) is 3. The van der Waals surface area contributed by atoms with Gasteiger partial charge in [-0.15, -0.1) is 10.2 Å². The number of aromatic nitrogens is 4. The Labute approximate surface area is 85.1 Å². The zero-order valence-corrected chi connectivity index (χ0v) is 8.26. The first kappa shape index (κ1) is 11.1. The number of aliphatic carboxylic acids is 1. The molecule has 0 fully saturated rings. The molecule has 0 unspecified atom stereocenters. The van der Waals surface area contributed by atoms with Crippen molar-refractivity contribution in [1.29, 1.82) is 0 Å². The molecule has 0 aliphatic rings. The van der Waals surface area contributed by atoms with Crippen LogP contribution in [0.2, 0.25) is 0 Å². The van der Waals surface area contributed by atoms with Gasteiger partial charge in [-0.2, -0.15) is 5.21 Å². The molecule has 3 N–H and O–H groups in total. The largest absolute Gasteiger partial charge is 0.480 e. The Morgan fingerprint density at radius 3 is 2.53 bits per heavy atom. The van der Waals surface area contributed by atoms with Crippen LogP contribution in [0.3, 0.4) is 0 Å². The predicted molar refractivity (Wildman–Crippen MR) is 47.9 cm³/mol. The predicted octanol–water partition coefficient (Wildman–Crippen LogP) is -0.961. The summed E-state index contributed by atoms with van der Waals surface area (Å²) in [5, 5.41) is 23.3. The molecule has 1 aromatic heterocycles. The standard InChI is InChI=1S/C7H11N5O3/c1-3(2)4(7(14)15)8-6(13)5-9-11-12-10-5/h3-4H,1-2H3,(H,8,13)(H,14,15)(H,9,10,11,12)/t4-/m0/s1. The molecule has 1 amide bonds. The number of amides is 1. The van der Waals surface area contributed by atoms with Crippen molar-refractivity contribution in [2.75, 3.05) is 0 Å². The van der Waals surface area contributed by atoms with Gasteiger partial charge in [-0.25, -0.2) is 4.79 Å². The summed E-state index contributed by atoms with van der Waals surface area (Å²) in [5.74, 6) is -2.16. The Hall–Kier alpha value is -1.99. The summed E-state index contributed by atoms with van der Waals surface area (Å²) >= 11 is 0. The Balaban J connectivity index is 2.67. The van der Waals surface area contributed by atoms with E-state index >= 15 is 0 Å². The lowest BCUT2D eigenvalue weighted by Crippen LogP contribution is -2.44. The second-order valence-corrected chi connectivity index (χ2v) is 3.27. The summed E-state index contributed by atoms with van der Waals surface area (Å²) in [6, 6.07) is -0.962. The van der Waals surface area contributed by atoms with Crippen molar-refractivity contribution in [2.24, 2.45) is 5.92 Å². The van der Waals surface area contributed by atoms with Gasteiger partial charge in [0.05, 0.1) is 0 Å². The van der Waals surface area contributed by atoms with E-state index < -0.39 is 17.9 Å². The zero-order chi connectivity index (χ0) is 11.4. The van der Waals surface area contributed by atoms with E-state index in [1.807, 2.05) is 0 Å². The van der Waals surface area contributed by atoms with Crippen LogP contribution in [0.1, 0.15) is 24.5 Å². The molecule has 0 saturated carbocycles. The first-order valence-corrected chi connectivity index (χ1v) is 4.29. The van der Waals surface area contributed by atoms with Crippen molar-refractivity contribution in [2.45, 2.75) is 19.9 Å². The topological polar surface area (TPSA) is 121 Å². The summed E-state index contributed by atoms with van der Waals surface area (Å²) in [5.41, 5.74) is 0. The maximum Gasteiger partial charge on any atom is 0.326 e. The van der Waals surface area contributed by atoms with Crippen LogP contribution in [0, 0.1) is 5.92 Å². The van der Waals surface area contributed by atoms with Crippen LogP contribution in [0.5, 0.6) is 0 Å². The lowest BCUT2D eigenvalue weighted by atomic mass is 10.1. The summed E-state index contributed by atoms with van der Waals surface area (Å²) in [6.45, 7) is 3.38. The summed E-state index contributed by atoms with van der Waals surface area (Å²) in [6.07, 6.45) is 0. The fraction of sp³-hybridized carbons (Fsp3) is 0.571. The Kier molecular flexibility index (Phi) is 3.32. The third-order valence-electron chi connectivity index (χ3n) is 1.77. The van der Waals surface area contributed by atoms with Gasteiger partial charge < -0.3 is 10.4 Å². The van der Waals surface area contributed by atoms with E-state index in [2.05, 4.69) is 25.9 Å². The van der Waals surface area contributed by atoms with Gasteiger partial charge >= 0.3 is 5.97 Å². The minimum absolute atomic E-state index is 0.179. The normalized spacial score (nSPS) is 12.5. The molecule has 0 saturated heterocycles. The van der Waals surface area contributed by atoms with Gasteiger partial charge in [0.1, 0.15) is 6.04 Å². The van der Waals surface area contributed by atoms with E-state index in [4.69, 9.17) is 5.11 Å². The number of nitrogens with one attached hydrogen (secondary N) is 2. The number of H-pyrrole nitrogens is 1. The van der Waals surface area contributed by atoms with Crippen molar-refractivity contribution in [3.8, 4) is 0 Å². The molecule has 15 heavy (non-hydrogen) atoms. The molecule has 8 nitrogen and oxygen atoms in total. The minimum atomic E-state index is -1.10. The monoisotopic (exact) mass is 213 g/mol. The highest BCUT2D eigenvalue weighted by Gasteiger charge is 2.25. The number of tetrazole rings is 1. The number of carboxylic acids is 1. The average molecular weight is 213 g/mol. The molecule has 1 heterocycles. The average Bonchev–Trinajstić information content (AvgIpc) is 2.65. The van der Waals surface area contributed by atoms with E-state index in [1.54, 1.807) is 13.8 Å². The molecule has 0 bridgehead atoms. The van der Waals surface area contributed by atoms with E-state index in [1.165, 1.54) is 0 Å². The molecule has 0 aliphatic heterocycles. The Bertz CT molecular complexity index is 348. The minimum Gasteiger partial charge on any atom is -0.480 e. The van der Waals surface area contributed by atoms with Crippen molar-refractivity contribution in [3.05, 3.63) is 5.82 Å². The highest BCUT2D eigenvalue weighted by Crippen LogP contribution is 2.02. The molecular weight excluding hydrogens is 202 g/mol. The van der Waals surface area contributed by atoms with Gasteiger partial charge in [-0.1, -0.05) is 13.8 Å². The molecule has 1 rings (SSSR count). The second kappa shape index (κ2) is 4.49. The van der Waals surface area contributed by atoms with Crippen LogP contribution in [-0.2, 0) is 4.79 Å². The zero-order valence-electron chi connectivity index (χ0n) is 8.26. The first-order valence-electron chi connectivity index (χ1n) is 4.29. The Morgan fingerprint density at radius 2 is 2.13 bits per heavy atom. The van der Waals surface area contributed by atoms with Crippen LogP contribution in [0.25, 0.3) is 0 Å². The van der Waals surface area contributed by atoms with Crippen LogP contribution < -0.4 is 5.32 Å². The van der Waals surface area contributed by atoms with Crippen LogP contribution >= 0.6 is 0 Å². The summed E-state index contributed by atoms with van der Waals surface area (Å²) in [7, 11) is 0. The van der Waals surface area contributed by atoms with Gasteiger partial charge in [-0.3, -0.25) is 4.79 Å². The van der Waals surface area contributed by atoms with Crippen molar-refractivity contribution < 1.29 is 14.7 Å². The molecule has 8 heteroatoms. The fourth-order valence-corrected chi connectivity index (χ4v) is 0.977. The molecule has 0 aliphatic carbocycles. The number of aromatic amines is 1. The maximum absolute atomic E-state index is 11.4. The fourth-order valence-electron chi connectivity index (χ4n) is 0.977. The van der Waals surface area contributed by atoms with Gasteiger partial charge in [0.15, 0.2) is 0 Å². The maximum atomic E-state index is 11.4. The van der Waals surface area contributed by atoms with Crippen LogP contribution in [0.4, 0.5) is 0 Å². The van der Waals surface area contributed by atoms with Gasteiger partial charge in [-0.05, 0) is 11.1 Å². The van der Waals surface area contributed by atoms with E-state index in [-0.39, 0.29) is 11.7 Å². The molecule has 1 atom stereocenters. The van der Waals surface area contributed by atoms with Crippen molar-refractivity contribution >= 4 is 11.9 Å². The van der Waals surface area contributed by atoms with Crippen molar-refractivity contribution in [3.63, 3.8) is 0 Å². The molecule has 0 radical (unpaired) electrons. The quantitative estimate of drug-likeness (QED) is 0.592. The molecule has 1 aromatic rings. The number of carboxylic acid groups (broad SMARTS) is 1. The molecular formula is C7H11N5O3. The van der Waals surface area contributed by atoms with Crippen LogP contribution in [0.15, 0.2) is 0 Å². The van der Waals surface area contributed by atoms with E-state index in [0.29, 0.717) is 0 Å². The highest BCUT2D eigenvalue weighted by molar-refractivity contribution is 5.93. The third-order valence-corrected chi connectivity index (χ3v) is 1.77. The number of rotatable bonds is 4. The SMILES string of the molecule is CC(C)[C@H](NC(=O)c1nn[nH]n1)C(=O)O. The van der Waals surface area contributed by atoms with Gasteiger partial charge in [0, 0.05) is 0 Å². The summed E-state index contributed by atoms with van der Waals surface area (Å²) in [4.78, 5) is 22.1. The van der Waals surface area contributed by atoms with E-state index in [0.717, 1.165) is 0 Å². The summed E-state index contributed by atoms with van der Waals surface area (Å²) < 4.78 is 0. The van der Waals surface area contributed by atoms with Crippen LogP contribution in [-0.4, -0.2) is 43.6 Å². The lowest BCUT2D eigenvalue weighted by molar-refractivity contribution is -0.140. The number of nitrogens with zero attached hydrogens (tertiary/aromatic N) is 3. The van der Waals surface area contributed by atoms with Gasteiger partial charge in [0.2, 0.25) is 0 Å². The Morgan fingerprint density at radius 1 is 1.47 bits per heavy atom. The number of carbonyl (C=O) groups is 2. The molecule has 82 valence electrons. The second-order valence-electron chi connectivity index (χ2n) is 3.27.